The van der Waals surface area contributed by atoms with Crippen LogP contribution in [0.25, 0.3) is 22.6 Å². The third-order valence-corrected chi connectivity index (χ3v) is 2.83. The average molecular weight is 242 g/mol. The molecule has 0 aliphatic carbocycles. The molecule has 0 bridgehead atoms. The summed E-state index contributed by atoms with van der Waals surface area (Å²) >= 11 is 0. The molecule has 1 heterocycles. The van der Waals surface area contributed by atoms with Gasteiger partial charge >= 0.3 is 0 Å². The molecule has 0 spiro atoms. The molecular weight excluding hydrogens is 231 g/mol. The van der Waals surface area contributed by atoms with E-state index in [0.717, 1.165) is 5.56 Å². The number of oxazole rings is 1. The Labute approximate surface area is 103 Å². The highest BCUT2D eigenvalue weighted by atomic mass is 19.1. The van der Waals surface area contributed by atoms with Gasteiger partial charge < -0.3 is 10.2 Å². The van der Waals surface area contributed by atoms with Crippen molar-refractivity contribution in [3.8, 4) is 11.5 Å². The fraction of sp³-hybridized carbons (Fsp3) is 0.0714. The number of benzene rings is 2. The van der Waals surface area contributed by atoms with Gasteiger partial charge in [0.2, 0.25) is 5.89 Å². The fourth-order valence-electron chi connectivity index (χ4n) is 1.91. The van der Waals surface area contributed by atoms with E-state index in [-0.39, 0.29) is 11.5 Å². The summed E-state index contributed by atoms with van der Waals surface area (Å²) in [5.41, 5.74) is 8.77. The number of fused-ring (bicyclic) bond motifs is 1. The first-order valence-corrected chi connectivity index (χ1v) is 5.57. The van der Waals surface area contributed by atoms with E-state index in [1.54, 1.807) is 0 Å². The van der Waals surface area contributed by atoms with Gasteiger partial charge in [-0.05, 0) is 36.8 Å². The molecule has 0 amide bonds. The molecule has 0 fully saturated rings. The molecule has 2 aromatic carbocycles. The van der Waals surface area contributed by atoms with Crippen LogP contribution >= 0.6 is 0 Å². The molecule has 0 aliphatic heterocycles. The summed E-state index contributed by atoms with van der Waals surface area (Å²) in [5, 5.41) is 0. The smallest absolute Gasteiger partial charge is 0.230 e. The Bertz CT molecular complexity index is 734. The van der Waals surface area contributed by atoms with E-state index in [0.29, 0.717) is 16.8 Å². The van der Waals surface area contributed by atoms with Crippen LogP contribution in [0, 0.1) is 12.7 Å². The normalized spacial score (nSPS) is 11.0. The number of aromatic nitrogens is 1. The van der Waals surface area contributed by atoms with Gasteiger partial charge in [-0.15, -0.1) is 0 Å². The fourth-order valence-corrected chi connectivity index (χ4v) is 1.91. The SMILES string of the molecule is Cc1cccc2nc(-c3cc(N)ccc3F)oc12. The molecule has 3 nitrogen and oxygen atoms in total. The highest BCUT2D eigenvalue weighted by molar-refractivity contribution is 5.79. The second-order valence-corrected chi connectivity index (χ2v) is 4.18. The molecule has 3 aromatic rings. The Morgan fingerprint density at radius 3 is 2.83 bits per heavy atom. The first-order chi connectivity index (χ1) is 8.65. The highest BCUT2D eigenvalue weighted by Crippen LogP contribution is 2.29. The van der Waals surface area contributed by atoms with Crippen LogP contribution in [-0.2, 0) is 0 Å². The van der Waals surface area contributed by atoms with Crippen LogP contribution in [0.15, 0.2) is 40.8 Å². The van der Waals surface area contributed by atoms with Gasteiger partial charge in [0.15, 0.2) is 5.58 Å². The lowest BCUT2D eigenvalue weighted by Gasteiger charge is -1.99. The van der Waals surface area contributed by atoms with Crippen molar-refractivity contribution in [3.63, 3.8) is 0 Å². The quantitative estimate of drug-likeness (QED) is 0.664. The van der Waals surface area contributed by atoms with E-state index >= 15 is 0 Å². The van der Waals surface area contributed by atoms with Crippen molar-refractivity contribution in [1.29, 1.82) is 0 Å². The predicted molar refractivity (Wildman–Crippen MR) is 68.6 cm³/mol. The maximum absolute atomic E-state index is 13.7. The van der Waals surface area contributed by atoms with Crippen molar-refractivity contribution in [1.82, 2.24) is 4.98 Å². The van der Waals surface area contributed by atoms with Gasteiger partial charge in [-0.1, -0.05) is 12.1 Å². The lowest BCUT2D eigenvalue weighted by Crippen LogP contribution is -1.89. The average Bonchev–Trinajstić information content (AvgIpc) is 2.77. The minimum atomic E-state index is -0.395. The molecule has 3 rings (SSSR count). The number of nitrogens with zero attached hydrogens (tertiary/aromatic N) is 1. The Morgan fingerprint density at radius 2 is 2.06 bits per heavy atom. The zero-order valence-corrected chi connectivity index (χ0v) is 9.77. The monoisotopic (exact) mass is 242 g/mol. The minimum Gasteiger partial charge on any atom is -0.436 e. The van der Waals surface area contributed by atoms with Crippen LogP contribution in [0.3, 0.4) is 0 Å². The van der Waals surface area contributed by atoms with Crippen molar-refractivity contribution in [2.75, 3.05) is 5.73 Å². The first-order valence-electron chi connectivity index (χ1n) is 5.57. The highest BCUT2D eigenvalue weighted by Gasteiger charge is 2.13. The number of rotatable bonds is 1. The number of hydrogen-bond acceptors (Lipinski definition) is 3. The van der Waals surface area contributed by atoms with E-state index in [9.17, 15) is 4.39 Å². The zero-order valence-electron chi connectivity index (χ0n) is 9.77. The van der Waals surface area contributed by atoms with Crippen molar-refractivity contribution >= 4 is 16.8 Å². The number of aryl methyl sites for hydroxylation is 1. The molecule has 18 heavy (non-hydrogen) atoms. The summed E-state index contributed by atoms with van der Waals surface area (Å²) in [6.45, 7) is 1.92. The number of para-hydroxylation sites is 1. The summed E-state index contributed by atoms with van der Waals surface area (Å²) in [5.74, 6) is -0.141. The number of anilines is 1. The van der Waals surface area contributed by atoms with Gasteiger partial charge in [0.05, 0.1) is 5.56 Å². The topological polar surface area (TPSA) is 52.0 Å². The Morgan fingerprint density at radius 1 is 1.22 bits per heavy atom. The largest absolute Gasteiger partial charge is 0.436 e. The molecule has 0 aliphatic rings. The van der Waals surface area contributed by atoms with Crippen LogP contribution in [0.5, 0.6) is 0 Å². The summed E-state index contributed by atoms with van der Waals surface area (Å²) in [4.78, 5) is 4.28. The van der Waals surface area contributed by atoms with Gasteiger partial charge in [0.1, 0.15) is 11.3 Å². The van der Waals surface area contributed by atoms with Crippen LogP contribution in [0.1, 0.15) is 5.56 Å². The van der Waals surface area contributed by atoms with Crippen LogP contribution in [0.4, 0.5) is 10.1 Å². The third kappa shape index (κ3) is 1.62. The van der Waals surface area contributed by atoms with Crippen LogP contribution in [-0.4, -0.2) is 4.98 Å². The lowest BCUT2D eigenvalue weighted by molar-refractivity contribution is 0.592. The van der Waals surface area contributed by atoms with Gasteiger partial charge in [-0.3, -0.25) is 0 Å². The van der Waals surface area contributed by atoms with Gasteiger partial charge in [0, 0.05) is 5.69 Å². The molecule has 2 N–H and O–H groups in total. The van der Waals surface area contributed by atoms with Crippen molar-refractivity contribution in [2.24, 2.45) is 0 Å². The maximum Gasteiger partial charge on any atom is 0.230 e. The number of nitrogen functional groups attached to an aromatic ring is 1. The Kier molecular flexibility index (Phi) is 2.30. The van der Waals surface area contributed by atoms with E-state index < -0.39 is 5.82 Å². The molecule has 0 atom stereocenters. The second kappa shape index (κ2) is 3.84. The summed E-state index contributed by atoms with van der Waals surface area (Å²) in [7, 11) is 0. The van der Waals surface area contributed by atoms with E-state index in [2.05, 4.69) is 4.98 Å². The minimum absolute atomic E-state index is 0.254. The van der Waals surface area contributed by atoms with Crippen molar-refractivity contribution in [3.05, 3.63) is 47.8 Å². The van der Waals surface area contributed by atoms with Crippen LogP contribution < -0.4 is 5.73 Å². The molecule has 90 valence electrons. The number of halogens is 1. The number of hydrogen-bond donors (Lipinski definition) is 1. The zero-order chi connectivity index (χ0) is 12.7. The summed E-state index contributed by atoms with van der Waals surface area (Å²) in [6.07, 6.45) is 0. The van der Waals surface area contributed by atoms with Crippen LogP contribution in [0.2, 0.25) is 0 Å². The second-order valence-electron chi connectivity index (χ2n) is 4.18. The number of nitrogens with two attached hydrogens (primary N) is 1. The molecular formula is C14H11FN2O. The van der Waals surface area contributed by atoms with E-state index in [1.165, 1.54) is 18.2 Å². The maximum atomic E-state index is 13.7. The Hall–Kier alpha value is -2.36. The predicted octanol–water partition coefficient (Wildman–Crippen LogP) is 3.52. The molecule has 0 saturated heterocycles. The molecule has 0 radical (unpaired) electrons. The van der Waals surface area contributed by atoms with E-state index in [1.807, 2.05) is 25.1 Å². The molecule has 1 aromatic heterocycles. The van der Waals surface area contributed by atoms with E-state index in [4.69, 9.17) is 10.2 Å². The Balaban J connectivity index is 2.26. The third-order valence-electron chi connectivity index (χ3n) is 2.83. The summed E-state index contributed by atoms with van der Waals surface area (Å²) < 4.78 is 19.3. The molecule has 4 heteroatoms. The first kappa shape index (κ1) is 10.8. The van der Waals surface area contributed by atoms with Gasteiger partial charge in [0.25, 0.3) is 0 Å². The molecule has 0 saturated carbocycles. The summed E-state index contributed by atoms with van der Waals surface area (Å²) in [6, 6.07) is 9.99. The standard InChI is InChI=1S/C14H11FN2O/c1-8-3-2-4-12-13(8)18-14(17-12)10-7-9(16)5-6-11(10)15/h2-7H,16H2,1H3. The van der Waals surface area contributed by atoms with Gasteiger partial charge in [-0.2, -0.15) is 0 Å². The molecule has 0 unspecified atom stereocenters. The van der Waals surface area contributed by atoms with Crippen molar-refractivity contribution < 1.29 is 8.81 Å². The lowest BCUT2D eigenvalue weighted by atomic mass is 10.2. The van der Waals surface area contributed by atoms with Gasteiger partial charge in [-0.25, -0.2) is 9.37 Å². The van der Waals surface area contributed by atoms with Crippen molar-refractivity contribution in [2.45, 2.75) is 6.92 Å².